The molecule has 342 valence electrons. The maximum absolute atomic E-state index is 14.5. The van der Waals surface area contributed by atoms with Gasteiger partial charge in [0.1, 0.15) is 12.1 Å². The fraction of sp³-hybridized carbons (Fsp3) is 0.766. The van der Waals surface area contributed by atoms with Gasteiger partial charge in [0, 0.05) is 34.2 Å². The van der Waals surface area contributed by atoms with E-state index in [1.54, 1.807) is 30.9 Å². The monoisotopic (exact) mass is 844 g/mol. The Balaban J connectivity index is 2.24. The van der Waals surface area contributed by atoms with Crippen LogP contribution in [-0.4, -0.2) is 133 Å². The molecule has 0 radical (unpaired) electrons. The summed E-state index contributed by atoms with van der Waals surface area (Å²) in [5, 5.41) is 15.8. The summed E-state index contributed by atoms with van der Waals surface area (Å²) in [6.45, 7) is 19.4. The van der Waals surface area contributed by atoms with Crippen LogP contribution in [0.15, 0.2) is 30.3 Å². The first-order valence-electron chi connectivity index (χ1n) is 22.5. The highest BCUT2D eigenvalue weighted by molar-refractivity contribution is 5.90. The molecule has 4 amide bonds. The van der Waals surface area contributed by atoms with Crippen molar-refractivity contribution in [3.63, 3.8) is 0 Å². The zero-order valence-corrected chi connectivity index (χ0v) is 39.2. The van der Waals surface area contributed by atoms with Crippen LogP contribution in [0.2, 0.25) is 0 Å². The van der Waals surface area contributed by atoms with Crippen molar-refractivity contribution < 1.29 is 38.6 Å². The van der Waals surface area contributed by atoms with Gasteiger partial charge in [-0.15, -0.1) is 0 Å². The molecule has 1 fully saturated rings. The number of rotatable bonds is 27. The van der Waals surface area contributed by atoms with Gasteiger partial charge >= 0.3 is 5.97 Å². The summed E-state index contributed by atoms with van der Waals surface area (Å²) in [6.07, 6.45) is 5.29. The predicted molar refractivity (Wildman–Crippen MR) is 237 cm³/mol. The number of ether oxygens (including phenoxy) is 2. The van der Waals surface area contributed by atoms with Crippen molar-refractivity contribution in [2.45, 2.75) is 163 Å². The third-order valence-corrected chi connectivity index (χ3v) is 12.6. The first-order chi connectivity index (χ1) is 28.3. The summed E-state index contributed by atoms with van der Waals surface area (Å²) in [7, 11) is 6.79. The molecule has 0 aliphatic carbocycles. The second kappa shape index (κ2) is 26.0. The van der Waals surface area contributed by atoms with E-state index in [0.717, 1.165) is 31.4 Å². The Hall–Kier alpha value is -3.55. The minimum Gasteiger partial charge on any atom is -0.480 e. The Bertz CT molecular complexity index is 1470. The SMILES string of the molecule is CC[C@H](C)[C@@H]([C@@H](CC(=O)N1CCC[C@H]1[C@H](OC)[C@@H](C)C(=O)N[C@@H](Cc1ccccc1)C(=O)O)OC)N(C)C(=O)[C@@H](NC(=O)[C@H](C(C)C)N(C)CCCCCC(C)C)C(C)C. The zero-order chi connectivity index (χ0) is 45.3. The highest BCUT2D eigenvalue weighted by atomic mass is 16.5. The molecule has 1 saturated heterocycles. The molecule has 0 unspecified atom stereocenters. The van der Waals surface area contributed by atoms with Crippen molar-refractivity contribution in [1.29, 1.82) is 0 Å². The summed E-state index contributed by atoms with van der Waals surface area (Å²) >= 11 is 0. The molecule has 2 rings (SSSR count). The van der Waals surface area contributed by atoms with Crippen LogP contribution in [0.5, 0.6) is 0 Å². The fourth-order valence-electron chi connectivity index (χ4n) is 8.87. The third kappa shape index (κ3) is 15.4. The lowest BCUT2D eigenvalue weighted by atomic mass is 9.89. The van der Waals surface area contributed by atoms with Crippen molar-refractivity contribution in [3.05, 3.63) is 35.9 Å². The Kier molecular flexibility index (Phi) is 22.8. The van der Waals surface area contributed by atoms with Gasteiger partial charge in [-0.25, -0.2) is 4.79 Å². The maximum Gasteiger partial charge on any atom is 0.326 e. The van der Waals surface area contributed by atoms with Gasteiger partial charge < -0.3 is 35.0 Å². The number of nitrogens with zero attached hydrogens (tertiary/aromatic N) is 3. The molecule has 1 aliphatic heterocycles. The lowest BCUT2D eigenvalue weighted by molar-refractivity contribution is -0.148. The number of aliphatic carboxylic acids is 1. The van der Waals surface area contributed by atoms with Gasteiger partial charge in [0.15, 0.2) is 0 Å². The number of methoxy groups -OCH3 is 2. The number of hydrogen-bond donors (Lipinski definition) is 3. The van der Waals surface area contributed by atoms with Crippen molar-refractivity contribution in [2.24, 2.45) is 29.6 Å². The second-order valence-electron chi connectivity index (χ2n) is 18.3. The minimum atomic E-state index is -1.14. The van der Waals surface area contributed by atoms with Gasteiger partial charge in [0.05, 0.1) is 42.7 Å². The number of carbonyl (C=O) groups is 5. The van der Waals surface area contributed by atoms with E-state index in [-0.39, 0.29) is 48.3 Å². The number of carboxylic acid groups (broad SMARTS) is 1. The zero-order valence-electron chi connectivity index (χ0n) is 39.2. The van der Waals surface area contributed by atoms with E-state index in [1.807, 2.05) is 78.9 Å². The Morgan fingerprint density at radius 2 is 1.52 bits per heavy atom. The lowest BCUT2D eigenvalue weighted by Gasteiger charge is -2.41. The molecule has 9 atom stereocenters. The van der Waals surface area contributed by atoms with Crippen LogP contribution in [0.1, 0.15) is 119 Å². The third-order valence-electron chi connectivity index (χ3n) is 12.6. The summed E-state index contributed by atoms with van der Waals surface area (Å²) in [4.78, 5) is 74.0. The van der Waals surface area contributed by atoms with Gasteiger partial charge in [-0.1, -0.05) is 118 Å². The van der Waals surface area contributed by atoms with Crippen LogP contribution in [0.25, 0.3) is 0 Å². The van der Waals surface area contributed by atoms with E-state index in [1.165, 1.54) is 20.0 Å². The van der Waals surface area contributed by atoms with Crippen molar-refractivity contribution >= 4 is 29.6 Å². The molecule has 0 bridgehead atoms. The van der Waals surface area contributed by atoms with Gasteiger partial charge in [0.2, 0.25) is 23.6 Å². The highest BCUT2D eigenvalue weighted by Crippen LogP contribution is 2.30. The molecular weight excluding hydrogens is 763 g/mol. The maximum atomic E-state index is 14.5. The van der Waals surface area contributed by atoms with Crippen molar-refractivity contribution in [1.82, 2.24) is 25.3 Å². The van der Waals surface area contributed by atoms with E-state index in [0.29, 0.717) is 25.3 Å². The number of carboxylic acids is 1. The first kappa shape index (κ1) is 52.6. The number of likely N-dealkylation sites (tertiary alicyclic amines) is 1. The summed E-state index contributed by atoms with van der Waals surface area (Å²) in [5.74, 6) is -2.47. The summed E-state index contributed by atoms with van der Waals surface area (Å²) < 4.78 is 12.0. The average Bonchev–Trinajstić information content (AvgIpc) is 3.68. The quantitative estimate of drug-likeness (QED) is 0.0900. The van der Waals surface area contributed by atoms with E-state index >= 15 is 0 Å². The van der Waals surface area contributed by atoms with Crippen LogP contribution >= 0.6 is 0 Å². The molecule has 1 aromatic carbocycles. The number of carbonyl (C=O) groups excluding carboxylic acids is 4. The average molecular weight is 844 g/mol. The standard InChI is InChI=1S/C47H81N5O8/c1-14-33(8)42(51(11)46(56)40(31(4)5)49-45(55)41(32(6)7)50(10)26-20-16-17-22-30(2)3)38(59-12)29-39(53)52-27-21-25-37(52)43(60-13)34(9)44(54)48-36(47(57)58)28-35-23-18-15-19-24-35/h15,18-19,23-24,30-34,36-38,40-43H,14,16-17,20-22,25-29H2,1-13H3,(H,48,54)(H,49,55)(H,57,58)/t33-,34+,36-,37-,38+,40-,41-,42-,43+/m0/s1. The van der Waals surface area contributed by atoms with Gasteiger partial charge in [-0.05, 0) is 62.1 Å². The number of likely N-dealkylation sites (N-methyl/N-ethyl adjacent to an activating group) is 2. The minimum absolute atomic E-state index is 0.00903. The lowest BCUT2D eigenvalue weighted by Crippen LogP contribution is -2.60. The molecule has 60 heavy (non-hydrogen) atoms. The van der Waals surface area contributed by atoms with Crippen LogP contribution < -0.4 is 10.6 Å². The Morgan fingerprint density at radius 1 is 0.867 bits per heavy atom. The number of benzene rings is 1. The van der Waals surface area contributed by atoms with Crippen molar-refractivity contribution in [3.8, 4) is 0 Å². The molecule has 0 spiro atoms. The molecule has 0 aromatic heterocycles. The number of nitrogens with one attached hydrogen (secondary N) is 2. The summed E-state index contributed by atoms with van der Waals surface area (Å²) in [5.41, 5.74) is 0.787. The Labute approximate surface area is 362 Å². The van der Waals surface area contributed by atoms with E-state index in [4.69, 9.17) is 9.47 Å². The van der Waals surface area contributed by atoms with Crippen LogP contribution in [0.3, 0.4) is 0 Å². The molecule has 1 heterocycles. The second-order valence-corrected chi connectivity index (χ2v) is 18.3. The van der Waals surface area contributed by atoms with Crippen LogP contribution in [0, 0.1) is 29.6 Å². The van der Waals surface area contributed by atoms with Crippen LogP contribution in [0.4, 0.5) is 0 Å². The van der Waals surface area contributed by atoms with E-state index < -0.39 is 60.2 Å². The van der Waals surface area contributed by atoms with Crippen molar-refractivity contribution in [2.75, 3.05) is 41.4 Å². The molecule has 0 saturated carbocycles. The van der Waals surface area contributed by atoms with Gasteiger partial charge in [-0.2, -0.15) is 0 Å². The van der Waals surface area contributed by atoms with Crippen LogP contribution in [-0.2, 0) is 39.9 Å². The number of unbranched alkanes of at least 4 members (excludes halogenated alkanes) is 2. The molecule has 13 nitrogen and oxygen atoms in total. The summed E-state index contributed by atoms with van der Waals surface area (Å²) in [6, 6.07) is 5.92. The number of hydrogen-bond acceptors (Lipinski definition) is 8. The molecule has 13 heteroatoms. The van der Waals surface area contributed by atoms with E-state index in [9.17, 15) is 29.1 Å². The normalized spacial score (nSPS) is 18.5. The highest BCUT2D eigenvalue weighted by Gasteiger charge is 2.43. The van der Waals surface area contributed by atoms with Gasteiger partial charge in [-0.3, -0.25) is 24.1 Å². The molecule has 1 aliphatic rings. The molecule has 1 aromatic rings. The van der Waals surface area contributed by atoms with Gasteiger partial charge in [0.25, 0.3) is 0 Å². The smallest absolute Gasteiger partial charge is 0.326 e. The Morgan fingerprint density at radius 3 is 2.05 bits per heavy atom. The first-order valence-corrected chi connectivity index (χ1v) is 22.5. The number of amides is 4. The molecular formula is C47H81N5O8. The topological polar surface area (TPSA) is 158 Å². The molecule has 3 N–H and O–H groups in total. The van der Waals surface area contributed by atoms with E-state index in [2.05, 4.69) is 29.4 Å². The fourth-order valence-corrected chi connectivity index (χ4v) is 8.87. The predicted octanol–water partition coefficient (Wildman–Crippen LogP) is 6.03. The largest absolute Gasteiger partial charge is 0.480 e.